The highest BCUT2D eigenvalue weighted by Gasteiger charge is 2.25. The van der Waals surface area contributed by atoms with E-state index in [4.69, 9.17) is 0 Å². The minimum atomic E-state index is -0.660. The topological polar surface area (TPSA) is 126 Å². The number of anilines is 1. The fraction of sp³-hybridized carbons (Fsp3) is 0.333. The van der Waals surface area contributed by atoms with Crippen molar-refractivity contribution in [2.45, 2.75) is 26.9 Å². The summed E-state index contributed by atoms with van der Waals surface area (Å²) in [5.41, 5.74) is 1.91. The molecular formula is C15H18N8O3. The number of rotatable bonds is 6. The first kappa shape index (κ1) is 17.3. The molecule has 3 rings (SSSR count). The van der Waals surface area contributed by atoms with Gasteiger partial charge in [-0.25, -0.2) is 0 Å². The van der Waals surface area contributed by atoms with Crippen LogP contribution in [0.5, 0.6) is 0 Å². The van der Waals surface area contributed by atoms with Crippen molar-refractivity contribution in [1.29, 1.82) is 0 Å². The largest absolute Gasteiger partial charge is 0.320 e. The molecule has 0 radical (unpaired) electrons. The predicted molar refractivity (Wildman–Crippen MR) is 91.8 cm³/mol. The van der Waals surface area contributed by atoms with Gasteiger partial charge in [0, 0.05) is 31.0 Å². The molecule has 0 aliphatic rings. The molecule has 0 aliphatic carbocycles. The normalized spacial score (nSPS) is 10.9. The van der Waals surface area contributed by atoms with E-state index < -0.39 is 10.8 Å². The van der Waals surface area contributed by atoms with Crippen LogP contribution in [0.15, 0.2) is 24.8 Å². The number of aryl methyl sites for hydroxylation is 2. The molecule has 0 spiro atoms. The van der Waals surface area contributed by atoms with Crippen molar-refractivity contribution in [1.82, 2.24) is 29.3 Å². The van der Waals surface area contributed by atoms with Crippen molar-refractivity contribution in [3.63, 3.8) is 0 Å². The Balaban J connectivity index is 1.73. The Morgan fingerprint density at radius 1 is 1.31 bits per heavy atom. The molecule has 0 unspecified atom stereocenters. The summed E-state index contributed by atoms with van der Waals surface area (Å²) >= 11 is 0. The van der Waals surface area contributed by atoms with Gasteiger partial charge < -0.3 is 5.32 Å². The van der Waals surface area contributed by atoms with Crippen LogP contribution >= 0.6 is 0 Å². The third-order valence-corrected chi connectivity index (χ3v) is 3.95. The van der Waals surface area contributed by atoms with E-state index >= 15 is 0 Å². The predicted octanol–water partition coefficient (Wildman–Crippen LogP) is 1.35. The lowest BCUT2D eigenvalue weighted by molar-refractivity contribution is -0.385. The number of nitrogens with zero attached hydrogens (tertiary/aromatic N) is 7. The Kier molecular flexibility index (Phi) is 4.52. The summed E-state index contributed by atoms with van der Waals surface area (Å²) in [5, 5.41) is 25.9. The molecule has 3 heterocycles. The van der Waals surface area contributed by atoms with Gasteiger partial charge in [0.2, 0.25) is 5.69 Å². The van der Waals surface area contributed by atoms with E-state index in [9.17, 15) is 14.9 Å². The maximum absolute atomic E-state index is 12.3. The highest BCUT2D eigenvalue weighted by molar-refractivity contribution is 6.05. The zero-order valence-electron chi connectivity index (χ0n) is 14.6. The molecule has 0 bridgehead atoms. The first-order valence-corrected chi connectivity index (χ1v) is 7.92. The molecular weight excluding hydrogens is 340 g/mol. The molecule has 11 nitrogen and oxygen atoms in total. The van der Waals surface area contributed by atoms with Crippen molar-refractivity contribution in [2.75, 3.05) is 5.32 Å². The smallest absolute Gasteiger partial charge is 0.318 e. The van der Waals surface area contributed by atoms with Gasteiger partial charge in [0.1, 0.15) is 6.20 Å². The van der Waals surface area contributed by atoms with Crippen molar-refractivity contribution >= 4 is 17.3 Å². The van der Waals surface area contributed by atoms with Gasteiger partial charge in [0.25, 0.3) is 5.91 Å². The number of aromatic nitrogens is 6. The molecule has 3 aromatic heterocycles. The number of nitrogens with one attached hydrogen (secondary N) is 1. The monoisotopic (exact) mass is 358 g/mol. The molecule has 0 aliphatic heterocycles. The van der Waals surface area contributed by atoms with Crippen molar-refractivity contribution < 1.29 is 9.72 Å². The van der Waals surface area contributed by atoms with E-state index in [0.29, 0.717) is 12.2 Å². The number of nitro groups is 1. The van der Waals surface area contributed by atoms with Gasteiger partial charge in [-0.1, -0.05) is 0 Å². The molecule has 26 heavy (non-hydrogen) atoms. The highest BCUT2D eigenvalue weighted by Crippen LogP contribution is 2.18. The van der Waals surface area contributed by atoms with Crippen LogP contribution in [-0.2, 0) is 20.1 Å². The fourth-order valence-electron chi connectivity index (χ4n) is 2.61. The zero-order chi connectivity index (χ0) is 18.8. The summed E-state index contributed by atoms with van der Waals surface area (Å²) in [6.45, 7) is 5.29. The van der Waals surface area contributed by atoms with Crippen LogP contribution < -0.4 is 5.32 Å². The molecule has 1 N–H and O–H groups in total. The average molecular weight is 358 g/mol. The lowest BCUT2D eigenvalue weighted by atomic mass is 10.2. The number of carbonyl (C=O) groups is 1. The van der Waals surface area contributed by atoms with Crippen molar-refractivity contribution in [3.05, 3.63) is 51.9 Å². The second-order valence-electron chi connectivity index (χ2n) is 5.75. The molecule has 1 amide bonds. The van der Waals surface area contributed by atoms with Crippen LogP contribution in [0, 0.1) is 17.0 Å². The molecule has 0 aromatic carbocycles. The second kappa shape index (κ2) is 6.78. The molecule has 0 saturated heterocycles. The van der Waals surface area contributed by atoms with Crippen LogP contribution in [0.4, 0.5) is 11.4 Å². The van der Waals surface area contributed by atoms with Gasteiger partial charge in [-0.05, 0) is 13.8 Å². The van der Waals surface area contributed by atoms with Crippen molar-refractivity contribution in [2.24, 2.45) is 7.05 Å². The Bertz CT molecular complexity index is 968. The lowest BCUT2D eigenvalue weighted by Gasteiger charge is -2.03. The van der Waals surface area contributed by atoms with Crippen LogP contribution in [0.25, 0.3) is 0 Å². The first-order chi connectivity index (χ1) is 12.4. The molecule has 3 aromatic rings. The van der Waals surface area contributed by atoms with Gasteiger partial charge in [0.15, 0.2) is 0 Å². The van der Waals surface area contributed by atoms with E-state index in [0.717, 1.165) is 17.8 Å². The maximum Gasteiger partial charge on any atom is 0.320 e. The Morgan fingerprint density at radius 2 is 2.08 bits per heavy atom. The van der Waals surface area contributed by atoms with Crippen LogP contribution in [-0.4, -0.2) is 40.2 Å². The third-order valence-electron chi connectivity index (χ3n) is 3.95. The van der Waals surface area contributed by atoms with Crippen LogP contribution in [0.2, 0.25) is 0 Å². The van der Waals surface area contributed by atoms with Gasteiger partial charge in [-0.15, -0.1) is 0 Å². The number of hydrogen-bond donors (Lipinski definition) is 1. The quantitative estimate of drug-likeness (QED) is 0.523. The zero-order valence-corrected chi connectivity index (χ0v) is 14.6. The number of carbonyl (C=O) groups excluding carboxylic acids is 1. The minimum absolute atomic E-state index is 0.245. The van der Waals surface area contributed by atoms with Crippen LogP contribution in [0.3, 0.4) is 0 Å². The number of amides is 1. The van der Waals surface area contributed by atoms with E-state index in [1.807, 2.05) is 18.5 Å². The summed E-state index contributed by atoms with van der Waals surface area (Å²) in [4.78, 5) is 22.6. The van der Waals surface area contributed by atoms with E-state index in [2.05, 4.69) is 20.6 Å². The summed E-state index contributed by atoms with van der Waals surface area (Å²) in [5.74, 6) is -0.660. The molecule has 136 valence electrons. The lowest BCUT2D eigenvalue weighted by Crippen LogP contribution is -2.14. The standard InChI is InChI=1S/C15H18N8O3/c1-4-22-10(2)11(5-17-22)7-21-8-12(6-16-21)18-15(24)14-13(23(25)26)9-20(3)19-14/h5-6,8-9H,4,7H2,1-3H3,(H,18,24). The Hall–Kier alpha value is -3.50. The second-order valence-corrected chi connectivity index (χ2v) is 5.75. The van der Waals surface area contributed by atoms with Crippen molar-refractivity contribution in [3.8, 4) is 0 Å². The van der Waals surface area contributed by atoms with Gasteiger partial charge in [-0.3, -0.25) is 29.0 Å². The van der Waals surface area contributed by atoms with E-state index in [1.165, 1.54) is 24.1 Å². The van der Waals surface area contributed by atoms with Gasteiger partial charge >= 0.3 is 5.69 Å². The molecule has 0 atom stereocenters. The average Bonchev–Trinajstić information content (AvgIpc) is 3.28. The highest BCUT2D eigenvalue weighted by atomic mass is 16.6. The Morgan fingerprint density at radius 3 is 2.73 bits per heavy atom. The van der Waals surface area contributed by atoms with Crippen LogP contribution in [0.1, 0.15) is 28.7 Å². The van der Waals surface area contributed by atoms with E-state index in [1.54, 1.807) is 17.1 Å². The Labute approximate surface area is 148 Å². The first-order valence-electron chi connectivity index (χ1n) is 7.92. The summed E-state index contributed by atoms with van der Waals surface area (Å²) in [6, 6.07) is 0. The molecule has 11 heteroatoms. The third kappa shape index (κ3) is 3.31. The number of hydrogen-bond acceptors (Lipinski definition) is 6. The summed E-state index contributed by atoms with van der Waals surface area (Å²) < 4.78 is 4.78. The molecule has 0 fully saturated rings. The van der Waals surface area contributed by atoms with E-state index in [-0.39, 0.29) is 11.4 Å². The maximum atomic E-state index is 12.3. The SMILES string of the molecule is CCn1ncc(Cn2cc(NC(=O)c3nn(C)cc3[N+](=O)[O-])cn2)c1C. The minimum Gasteiger partial charge on any atom is -0.318 e. The summed E-state index contributed by atoms with van der Waals surface area (Å²) in [7, 11) is 1.51. The molecule has 0 saturated carbocycles. The summed E-state index contributed by atoms with van der Waals surface area (Å²) in [6.07, 6.45) is 6.10. The van der Waals surface area contributed by atoms with Gasteiger partial charge in [-0.2, -0.15) is 15.3 Å². The van der Waals surface area contributed by atoms with Gasteiger partial charge in [0.05, 0.1) is 29.5 Å². The fourth-order valence-corrected chi connectivity index (χ4v) is 2.61.